The monoisotopic (exact) mass is 514 g/mol. The van der Waals surface area contributed by atoms with Crippen LogP contribution in [0.2, 0.25) is 30.1 Å². The zero-order valence-corrected chi connectivity index (χ0v) is 19.0. The van der Waals surface area contributed by atoms with E-state index in [1.165, 1.54) is 36.4 Å². The Morgan fingerprint density at radius 3 is 1.61 bits per heavy atom. The molecule has 0 unspecified atom stereocenters. The van der Waals surface area contributed by atoms with Gasteiger partial charge < -0.3 is 9.79 Å². The Balaban J connectivity index is 2.46. The van der Waals surface area contributed by atoms with Gasteiger partial charge in [-0.1, -0.05) is 81.7 Å². The van der Waals surface area contributed by atoms with E-state index in [-0.39, 0.29) is 46.6 Å². The first-order chi connectivity index (χ1) is 13.0. The van der Waals surface area contributed by atoms with Crippen LogP contribution in [0.25, 0.3) is 22.3 Å². The first kappa shape index (κ1) is 22.2. The molecule has 0 atom stereocenters. The SMILES string of the molecule is O=P(O)(O)c1cccc(-c2cc(Cl)c(Cl)cc2Cl)c1-c1cc(Cl)c(Cl)cc1Cl. The molecular weight excluding hydrogens is 508 g/mol. The number of halogens is 6. The lowest BCUT2D eigenvalue weighted by atomic mass is 9.94. The molecule has 0 bridgehead atoms. The lowest BCUT2D eigenvalue weighted by Crippen LogP contribution is -2.10. The summed E-state index contributed by atoms with van der Waals surface area (Å²) in [5.74, 6) is 0. The van der Waals surface area contributed by atoms with Gasteiger partial charge in [0.25, 0.3) is 0 Å². The summed E-state index contributed by atoms with van der Waals surface area (Å²) in [6.45, 7) is 0. The van der Waals surface area contributed by atoms with Gasteiger partial charge in [0, 0.05) is 21.7 Å². The largest absolute Gasteiger partial charge is 0.356 e. The topological polar surface area (TPSA) is 57.5 Å². The summed E-state index contributed by atoms with van der Waals surface area (Å²) in [5, 5.41) is 1.02. The second-order valence-corrected chi connectivity index (χ2v) is 9.75. The van der Waals surface area contributed by atoms with E-state index >= 15 is 0 Å². The van der Waals surface area contributed by atoms with Crippen molar-refractivity contribution in [2.24, 2.45) is 0 Å². The predicted molar refractivity (Wildman–Crippen MR) is 119 cm³/mol. The Hall–Kier alpha value is -0.450. The summed E-state index contributed by atoms with van der Waals surface area (Å²) in [4.78, 5) is 19.8. The molecule has 10 heteroatoms. The third-order valence-electron chi connectivity index (χ3n) is 3.94. The molecule has 0 aliphatic rings. The molecule has 3 rings (SSSR count). The Morgan fingerprint density at radius 1 is 0.607 bits per heavy atom. The average Bonchev–Trinajstić information content (AvgIpc) is 2.60. The highest BCUT2D eigenvalue weighted by Gasteiger charge is 2.27. The molecule has 0 spiro atoms. The minimum Gasteiger partial charge on any atom is -0.321 e. The van der Waals surface area contributed by atoms with Crippen molar-refractivity contribution < 1.29 is 14.4 Å². The van der Waals surface area contributed by atoms with E-state index in [4.69, 9.17) is 69.6 Å². The molecule has 146 valence electrons. The van der Waals surface area contributed by atoms with Gasteiger partial charge >= 0.3 is 7.60 Å². The van der Waals surface area contributed by atoms with E-state index in [0.717, 1.165) is 0 Å². The van der Waals surface area contributed by atoms with Crippen molar-refractivity contribution in [3.8, 4) is 22.3 Å². The minimum absolute atomic E-state index is 0.160. The highest BCUT2D eigenvalue weighted by Crippen LogP contribution is 2.47. The number of rotatable bonds is 3. The van der Waals surface area contributed by atoms with Crippen molar-refractivity contribution in [2.75, 3.05) is 0 Å². The van der Waals surface area contributed by atoms with Crippen LogP contribution in [-0.4, -0.2) is 9.79 Å². The zero-order chi connectivity index (χ0) is 20.8. The number of benzene rings is 3. The summed E-state index contributed by atoms with van der Waals surface area (Å²) < 4.78 is 12.2. The van der Waals surface area contributed by atoms with Crippen LogP contribution in [0.1, 0.15) is 0 Å². The Kier molecular flexibility index (Phi) is 6.64. The molecule has 3 aromatic carbocycles. The lowest BCUT2D eigenvalue weighted by molar-refractivity contribution is 0.387. The highest BCUT2D eigenvalue weighted by atomic mass is 35.5. The molecular formula is C18H9Cl6O3P. The fraction of sp³-hybridized carbons (Fsp3) is 0. The quantitative estimate of drug-likeness (QED) is 0.276. The smallest absolute Gasteiger partial charge is 0.321 e. The molecule has 3 nitrogen and oxygen atoms in total. The van der Waals surface area contributed by atoms with E-state index in [0.29, 0.717) is 11.1 Å². The molecule has 3 aromatic rings. The first-order valence-electron chi connectivity index (χ1n) is 7.49. The molecule has 0 aliphatic heterocycles. The third-order valence-corrected chi connectivity index (χ3v) is 7.01. The fourth-order valence-electron chi connectivity index (χ4n) is 2.73. The van der Waals surface area contributed by atoms with E-state index < -0.39 is 7.60 Å². The van der Waals surface area contributed by atoms with Crippen molar-refractivity contribution in [3.63, 3.8) is 0 Å². The molecule has 0 amide bonds. The first-order valence-corrected chi connectivity index (χ1v) is 11.4. The van der Waals surface area contributed by atoms with Crippen molar-refractivity contribution in [1.29, 1.82) is 0 Å². The minimum atomic E-state index is -4.69. The van der Waals surface area contributed by atoms with Crippen molar-refractivity contribution in [3.05, 3.63) is 72.6 Å². The van der Waals surface area contributed by atoms with Crippen LogP contribution in [-0.2, 0) is 4.57 Å². The lowest BCUT2D eigenvalue weighted by Gasteiger charge is -2.19. The summed E-state index contributed by atoms with van der Waals surface area (Å²) >= 11 is 36.9. The van der Waals surface area contributed by atoms with Gasteiger partial charge in [-0.25, -0.2) is 0 Å². The van der Waals surface area contributed by atoms with Gasteiger partial charge in [0.05, 0.1) is 30.4 Å². The van der Waals surface area contributed by atoms with Crippen LogP contribution in [0.15, 0.2) is 42.5 Å². The molecule has 0 fully saturated rings. The molecule has 0 heterocycles. The van der Waals surface area contributed by atoms with Gasteiger partial charge in [0.2, 0.25) is 0 Å². The Morgan fingerprint density at radius 2 is 1.07 bits per heavy atom. The standard InChI is InChI=1S/C18H9Cl6O3P/c19-11-6-15(23)13(21)4-9(11)8-2-1-3-17(28(25,26)27)18(8)10-5-14(22)16(24)7-12(10)20/h1-7H,(H2,25,26,27). The van der Waals surface area contributed by atoms with E-state index in [9.17, 15) is 14.4 Å². The summed E-state index contributed by atoms with van der Waals surface area (Å²) in [6.07, 6.45) is 0. The normalized spacial score (nSPS) is 11.7. The van der Waals surface area contributed by atoms with Crippen LogP contribution < -0.4 is 5.30 Å². The highest BCUT2D eigenvalue weighted by molar-refractivity contribution is 7.60. The van der Waals surface area contributed by atoms with Crippen molar-refractivity contribution >= 4 is 82.5 Å². The maximum Gasteiger partial charge on any atom is 0.356 e. The van der Waals surface area contributed by atoms with Gasteiger partial charge in [-0.15, -0.1) is 0 Å². The van der Waals surface area contributed by atoms with E-state index in [2.05, 4.69) is 0 Å². The number of hydrogen-bond donors (Lipinski definition) is 2. The molecule has 28 heavy (non-hydrogen) atoms. The van der Waals surface area contributed by atoms with Crippen LogP contribution in [0.3, 0.4) is 0 Å². The zero-order valence-electron chi connectivity index (χ0n) is 13.6. The van der Waals surface area contributed by atoms with E-state index in [1.807, 2.05) is 0 Å². The van der Waals surface area contributed by atoms with Gasteiger partial charge in [0.15, 0.2) is 0 Å². The summed E-state index contributed by atoms with van der Waals surface area (Å²) in [6, 6.07) is 10.2. The van der Waals surface area contributed by atoms with Gasteiger partial charge in [-0.2, -0.15) is 0 Å². The van der Waals surface area contributed by atoms with Crippen molar-refractivity contribution in [1.82, 2.24) is 0 Å². The maximum atomic E-state index is 12.2. The van der Waals surface area contributed by atoms with Crippen LogP contribution in [0, 0.1) is 0 Å². The second kappa shape index (κ2) is 8.35. The molecule has 0 saturated heterocycles. The van der Waals surface area contributed by atoms with Crippen LogP contribution >= 0.6 is 77.2 Å². The summed E-state index contributed by atoms with van der Waals surface area (Å²) in [7, 11) is -4.69. The summed E-state index contributed by atoms with van der Waals surface area (Å²) in [5.41, 5.74) is 1.26. The predicted octanol–water partition coefficient (Wildman–Crippen LogP) is 7.74. The maximum absolute atomic E-state index is 12.2. The third kappa shape index (κ3) is 4.34. The number of hydrogen-bond acceptors (Lipinski definition) is 1. The Labute approximate surface area is 190 Å². The fourth-order valence-corrected chi connectivity index (χ4v) is 4.84. The Bertz CT molecular complexity index is 1140. The van der Waals surface area contributed by atoms with Crippen LogP contribution in [0.5, 0.6) is 0 Å². The molecule has 0 saturated carbocycles. The average molecular weight is 517 g/mol. The molecule has 2 N–H and O–H groups in total. The second-order valence-electron chi connectivity index (χ2n) is 5.74. The molecule has 0 aliphatic carbocycles. The van der Waals surface area contributed by atoms with Crippen molar-refractivity contribution in [2.45, 2.75) is 0 Å². The van der Waals surface area contributed by atoms with Crippen LogP contribution in [0.4, 0.5) is 0 Å². The van der Waals surface area contributed by atoms with Gasteiger partial charge in [0.1, 0.15) is 0 Å². The molecule has 0 aromatic heterocycles. The van der Waals surface area contributed by atoms with E-state index in [1.54, 1.807) is 6.07 Å². The molecule has 0 radical (unpaired) electrons. The van der Waals surface area contributed by atoms with Gasteiger partial charge in [-0.05, 0) is 35.9 Å². The van der Waals surface area contributed by atoms with Gasteiger partial charge in [-0.3, -0.25) is 4.57 Å².